The largest absolute Gasteiger partial charge is 0.355 e. The number of rotatable bonds is 2. The predicted octanol–water partition coefficient (Wildman–Crippen LogP) is 2.36. The van der Waals surface area contributed by atoms with Gasteiger partial charge in [-0.2, -0.15) is 11.8 Å². The van der Waals surface area contributed by atoms with Gasteiger partial charge in [-0.05, 0) is 18.9 Å². The summed E-state index contributed by atoms with van der Waals surface area (Å²) in [6.07, 6.45) is 1.82. The number of carbonyl (C=O) groups excluding carboxylic acids is 2. The molecule has 3 rings (SSSR count). The topological polar surface area (TPSA) is 49.4 Å². The number of nitrogens with one attached hydrogen (secondary N) is 1. The molecule has 0 bridgehead atoms. The Morgan fingerprint density at radius 2 is 2.09 bits per heavy atom. The van der Waals surface area contributed by atoms with E-state index in [0.717, 1.165) is 17.7 Å². The molecule has 2 amide bonds. The summed E-state index contributed by atoms with van der Waals surface area (Å²) in [7, 11) is 0. The molecule has 2 aliphatic heterocycles. The van der Waals surface area contributed by atoms with E-state index in [1.165, 1.54) is 6.07 Å². The maximum absolute atomic E-state index is 14.0. The van der Waals surface area contributed by atoms with Crippen LogP contribution in [0.1, 0.15) is 30.1 Å². The van der Waals surface area contributed by atoms with Crippen molar-refractivity contribution < 1.29 is 14.0 Å². The van der Waals surface area contributed by atoms with Crippen LogP contribution in [0, 0.1) is 11.7 Å². The minimum atomic E-state index is -0.167. The highest BCUT2D eigenvalue weighted by molar-refractivity contribution is 7.99. The molecule has 1 N–H and O–H groups in total. The van der Waals surface area contributed by atoms with Gasteiger partial charge in [0.2, 0.25) is 11.8 Å². The fourth-order valence-corrected chi connectivity index (χ4v) is 4.43. The van der Waals surface area contributed by atoms with E-state index >= 15 is 0 Å². The van der Waals surface area contributed by atoms with E-state index in [1.54, 1.807) is 17.8 Å². The molecule has 1 aromatic rings. The number of thioether (sulfide) groups is 1. The lowest BCUT2D eigenvalue weighted by Crippen LogP contribution is -2.45. The Bertz CT molecular complexity index is 586. The van der Waals surface area contributed by atoms with Crippen molar-refractivity contribution in [2.24, 2.45) is 5.92 Å². The molecular weight excluding hydrogens is 315 g/mol. The summed E-state index contributed by atoms with van der Waals surface area (Å²) in [5.74, 6) is 0.687. The minimum Gasteiger partial charge on any atom is -0.355 e. The van der Waals surface area contributed by atoms with Crippen molar-refractivity contribution in [2.45, 2.75) is 24.5 Å². The second kappa shape index (κ2) is 7.34. The van der Waals surface area contributed by atoms with E-state index in [1.807, 2.05) is 17.0 Å². The fraction of sp³-hybridized carbons (Fsp3) is 0.529. The minimum absolute atomic E-state index is 0.0279. The Balaban J connectivity index is 1.61. The highest BCUT2D eigenvalue weighted by atomic mass is 32.2. The molecule has 0 saturated carbocycles. The summed E-state index contributed by atoms with van der Waals surface area (Å²) < 4.78 is 14.0. The standard InChI is InChI=1S/C17H21FN2O2S/c18-14-4-2-1-3-13(14)15-7-8-20(9-10-23-15)17(22)12-5-6-16(21)19-11-12/h1-4,12,15H,5-11H2,(H,19,21). The third-order valence-electron chi connectivity index (χ3n) is 4.52. The average molecular weight is 336 g/mol. The number of nitrogens with zero attached hydrogens (tertiary/aromatic N) is 1. The lowest BCUT2D eigenvalue weighted by molar-refractivity contribution is -0.137. The van der Waals surface area contributed by atoms with Crippen LogP contribution in [-0.4, -0.2) is 42.1 Å². The molecule has 0 aliphatic carbocycles. The van der Waals surface area contributed by atoms with Crippen LogP contribution in [0.2, 0.25) is 0 Å². The van der Waals surface area contributed by atoms with E-state index in [-0.39, 0.29) is 28.8 Å². The van der Waals surface area contributed by atoms with Crippen LogP contribution in [0.15, 0.2) is 24.3 Å². The molecule has 2 fully saturated rings. The van der Waals surface area contributed by atoms with Gasteiger partial charge in [0.25, 0.3) is 0 Å². The number of piperidine rings is 1. The third-order valence-corrected chi connectivity index (χ3v) is 5.83. The van der Waals surface area contributed by atoms with Gasteiger partial charge >= 0.3 is 0 Å². The van der Waals surface area contributed by atoms with Gasteiger partial charge < -0.3 is 10.2 Å². The molecule has 4 nitrogen and oxygen atoms in total. The number of hydrogen-bond donors (Lipinski definition) is 1. The molecule has 0 aromatic heterocycles. The van der Waals surface area contributed by atoms with Crippen LogP contribution in [-0.2, 0) is 9.59 Å². The second-order valence-electron chi connectivity index (χ2n) is 6.03. The van der Waals surface area contributed by atoms with Crippen molar-refractivity contribution in [1.82, 2.24) is 10.2 Å². The first-order valence-corrected chi connectivity index (χ1v) is 9.11. The first kappa shape index (κ1) is 16.3. The first-order chi connectivity index (χ1) is 11.1. The molecule has 124 valence electrons. The number of benzene rings is 1. The fourth-order valence-electron chi connectivity index (χ4n) is 3.18. The van der Waals surface area contributed by atoms with Crippen molar-refractivity contribution in [1.29, 1.82) is 0 Å². The molecule has 2 unspecified atom stereocenters. The second-order valence-corrected chi connectivity index (χ2v) is 7.35. The van der Waals surface area contributed by atoms with Gasteiger partial charge in [-0.25, -0.2) is 4.39 Å². The molecule has 1 aromatic carbocycles. The zero-order valence-corrected chi connectivity index (χ0v) is 13.8. The van der Waals surface area contributed by atoms with Gasteiger partial charge in [0, 0.05) is 42.6 Å². The Morgan fingerprint density at radius 3 is 2.83 bits per heavy atom. The number of carbonyl (C=O) groups is 2. The maximum atomic E-state index is 14.0. The SMILES string of the molecule is O=C1CCC(C(=O)N2CCSC(c3ccccc3F)CC2)CN1. The Kier molecular flexibility index (Phi) is 5.20. The third kappa shape index (κ3) is 3.86. The summed E-state index contributed by atoms with van der Waals surface area (Å²) in [4.78, 5) is 25.7. The number of halogens is 1. The van der Waals surface area contributed by atoms with Crippen molar-refractivity contribution >= 4 is 23.6 Å². The van der Waals surface area contributed by atoms with Gasteiger partial charge in [0.15, 0.2) is 0 Å². The van der Waals surface area contributed by atoms with Gasteiger partial charge in [-0.3, -0.25) is 9.59 Å². The Morgan fingerprint density at radius 1 is 1.26 bits per heavy atom. The van der Waals surface area contributed by atoms with Crippen molar-refractivity contribution in [2.75, 3.05) is 25.4 Å². The molecule has 2 saturated heterocycles. The molecule has 23 heavy (non-hydrogen) atoms. The van der Waals surface area contributed by atoms with E-state index in [9.17, 15) is 14.0 Å². The quantitative estimate of drug-likeness (QED) is 0.902. The number of hydrogen-bond acceptors (Lipinski definition) is 3. The number of amides is 2. The Hall–Kier alpha value is -1.56. The van der Waals surface area contributed by atoms with Crippen LogP contribution in [0.5, 0.6) is 0 Å². The van der Waals surface area contributed by atoms with Crippen molar-refractivity contribution in [3.63, 3.8) is 0 Å². The van der Waals surface area contributed by atoms with Crippen LogP contribution >= 0.6 is 11.8 Å². The summed E-state index contributed by atoms with van der Waals surface area (Å²) >= 11 is 1.72. The zero-order valence-electron chi connectivity index (χ0n) is 13.0. The van der Waals surface area contributed by atoms with E-state index in [2.05, 4.69) is 5.32 Å². The van der Waals surface area contributed by atoms with Crippen LogP contribution in [0.25, 0.3) is 0 Å². The smallest absolute Gasteiger partial charge is 0.227 e. The first-order valence-electron chi connectivity index (χ1n) is 8.06. The summed E-state index contributed by atoms with van der Waals surface area (Å²) in [5.41, 5.74) is 0.733. The van der Waals surface area contributed by atoms with Gasteiger partial charge in [-0.1, -0.05) is 18.2 Å². The highest BCUT2D eigenvalue weighted by Crippen LogP contribution is 2.36. The van der Waals surface area contributed by atoms with Crippen LogP contribution in [0.3, 0.4) is 0 Å². The molecule has 2 atom stereocenters. The lowest BCUT2D eigenvalue weighted by atomic mass is 9.97. The van der Waals surface area contributed by atoms with Crippen molar-refractivity contribution in [3.8, 4) is 0 Å². The Labute approximate surface area is 139 Å². The highest BCUT2D eigenvalue weighted by Gasteiger charge is 2.30. The van der Waals surface area contributed by atoms with Crippen LogP contribution < -0.4 is 5.32 Å². The lowest BCUT2D eigenvalue weighted by Gasteiger charge is -2.28. The molecule has 2 aliphatic rings. The zero-order chi connectivity index (χ0) is 16.2. The van der Waals surface area contributed by atoms with E-state index in [4.69, 9.17) is 0 Å². The molecule has 0 spiro atoms. The predicted molar refractivity (Wildman–Crippen MR) is 88.5 cm³/mol. The molecule has 0 radical (unpaired) electrons. The van der Waals surface area contributed by atoms with E-state index < -0.39 is 0 Å². The van der Waals surface area contributed by atoms with Gasteiger partial charge in [-0.15, -0.1) is 0 Å². The monoisotopic (exact) mass is 336 g/mol. The summed E-state index contributed by atoms with van der Waals surface area (Å²) in [5, 5.41) is 2.87. The molecule has 6 heteroatoms. The van der Waals surface area contributed by atoms with Gasteiger partial charge in [0.05, 0.1) is 5.92 Å². The maximum Gasteiger partial charge on any atom is 0.227 e. The van der Waals surface area contributed by atoms with E-state index in [0.29, 0.717) is 32.5 Å². The molecule has 2 heterocycles. The molecular formula is C17H21FN2O2S. The van der Waals surface area contributed by atoms with Gasteiger partial charge in [0.1, 0.15) is 5.82 Å². The van der Waals surface area contributed by atoms with Crippen molar-refractivity contribution in [3.05, 3.63) is 35.6 Å². The normalized spacial score (nSPS) is 25.6. The summed E-state index contributed by atoms with van der Waals surface area (Å²) in [6, 6.07) is 6.89. The van der Waals surface area contributed by atoms with Crippen LogP contribution in [0.4, 0.5) is 4.39 Å². The summed E-state index contributed by atoms with van der Waals surface area (Å²) in [6.45, 7) is 1.78. The average Bonchev–Trinajstić information content (AvgIpc) is 2.81.